The third-order valence-corrected chi connectivity index (χ3v) is 6.40. The monoisotopic (exact) mass is 467 g/mol. The molecule has 0 aromatic heterocycles. The van der Waals surface area contributed by atoms with Crippen LogP contribution in [0.15, 0.2) is 46.2 Å². The van der Waals surface area contributed by atoms with Gasteiger partial charge in [-0.05, 0) is 67.6 Å². The number of ether oxygens (including phenoxy) is 3. The summed E-state index contributed by atoms with van der Waals surface area (Å²) in [6, 6.07) is 11.9. The molecule has 1 aliphatic carbocycles. The lowest BCUT2D eigenvalue weighted by molar-refractivity contribution is -0.139. The van der Waals surface area contributed by atoms with Gasteiger partial charge in [0.1, 0.15) is 11.5 Å². The predicted molar refractivity (Wildman–Crippen MR) is 127 cm³/mol. The summed E-state index contributed by atoms with van der Waals surface area (Å²) in [7, 11) is 0. The zero-order valence-corrected chi connectivity index (χ0v) is 19.7. The third-order valence-electron chi connectivity index (χ3n) is 5.44. The molecule has 2 aliphatic rings. The summed E-state index contributed by atoms with van der Waals surface area (Å²) in [5, 5.41) is 8.82. The molecule has 0 atom stereocenters. The summed E-state index contributed by atoms with van der Waals surface area (Å²) >= 11 is 1.63. The molecule has 0 radical (unpaired) electrons. The van der Waals surface area contributed by atoms with Crippen molar-refractivity contribution < 1.29 is 24.1 Å². The van der Waals surface area contributed by atoms with E-state index in [0.717, 1.165) is 66.1 Å². The fourth-order valence-corrected chi connectivity index (χ4v) is 4.43. The normalized spacial score (nSPS) is 16.0. The van der Waals surface area contributed by atoms with Crippen molar-refractivity contribution in [3.63, 3.8) is 0 Å². The predicted octanol–water partition coefficient (Wildman–Crippen LogP) is 4.08. The molecule has 1 aliphatic heterocycles. The molecule has 2 fully saturated rings. The SMILES string of the molecule is Cc1cc(Sc2cc(C#CCN3CCOCC3)cc(OCC3CC3)c2)ccc1OCC(=O)O. The average Bonchev–Trinajstić information content (AvgIpc) is 3.62. The summed E-state index contributed by atoms with van der Waals surface area (Å²) in [4.78, 5) is 15.2. The van der Waals surface area contributed by atoms with Gasteiger partial charge in [0.25, 0.3) is 0 Å². The number of morpholine rings is 1. The van der Waals surface area contributed by atoms with E-state index in [2.05, 4.69) is 28.9 Å². The summed E-state index contributed by atoms with van der Waals surface area (Å²) in [5.74, 6) is 7.73. The quantitative estimate of drug-likeness (QED) is 0.557. The van der Waals surface area contributed by atoms with E-state index in [9.17, 15) is 4.79 Å². The van der Waals surface area contributed by atoms with E-state index in [1.807, 2.05) is 31.2 Å². The van der Waals surface area contributed by atoms with Crippen molar-refractivity contribution in [2.75, 3.05) is 46.1 Å². The zero-order valence-electron chi connectivity index (χ0n) is 18.8. The lowest BCUT2D eigenvalue weighted by atomic mass is 10.2. The minimum Gasteiger partial charge on any atom is -0.493 e. The van der Waals surface area contributed by atoms with Crippen LogP contribution in [0.1, 0.15) is 24.0 Å². The molecule has 2 aromatic carbocycles. The van der Waals surface area contributed by atoms with Crippen LogP contribution >= 0.6 is 11.8 Å². The Bertz CT molecular complexity index is 1030. The molecule has 0 amide bonds. The van der Waals surface area contributed by atoms with Crippen LogP contribution in [0, 0.1) is 24.7 Å². The largest absolute Gasteiger partial charge is 0.493 e. The van der Waals surface area contributed by atoms with E-state index in [1.165, 1.54) is 12.8 Å². The van der Waals surface area contributed by atoms with Crippen molar-refractivity contribution in [2.24, 2.45) is 5.92 Å². The van der Waals surface area contributed by atoms with Crippen LogP contribution in [0.4, 0.5) is 0 Å². The number of hydrogen-bond acceptors (Lipinski definition) is 6. The van der Waals surface area contributed by atoms with Gasteiger partial charge in [-0.25, -0.2) is 4.79 Å². The number of carbonyl (C=O) groups is 1. The van der Waals surface area contributed by atoms with Gasteiger partial charge < -0.3 is 19.3 Å². The van der Waals surface area contributed by atoms with E-state index in [1.54, 1.807) is 11.8 Å². The molecule has 33 heavy (non-hydrogen) atoms. The number of carboxylic acids is 1. The summed E-state index contributed by atoms with van der Waals surface area (Å²) in [5.41, 5.74) is 1.84. The van der Waals surface area contributed by atoms with Crippen molar-refractivity contribution in [1.29, 1.82) is 0 Å². The Kier molecular flexibility index (Phi) is 8.16. The van der Waals surface area contributed by atoms with E-state index in [-0.39, 0.29) is 6.61 Å². The highest BCUT2D eigenvalue weighted by Gasteiger charge is 2.22. The summed E-state index contributed by atoms with van der Waals surface area (Å²) in [6.07, 6.45) is 2.49. The molecule has 0 spiro atoms. The molecular formula is C26H29NO5S. The first-order chi connectivity index (χ1) is 16.0. The molecule has 1 heterocycles. The zero-order chi connectivity index (χ0) is 23.0. The van der Waals surface area contributed by atoms with Gasteiger partial charge in [-0.2, -0.15) is 0 Å². The van der Waals surface area contributed by atoms with Gasteiger partial charge in [-0.15, -0.1) is 0 Å². The molecule has 0 unspecified atom stereocenters. The molecule has 0 bridgehead atoms. The molecule has 1 saturated heterocycles. The molecule has 1 N–H and O–H groups in total. The number of nitrogens with zero attached hydrogens (tertiary/aromatic N) is 1. The lowest BCUT2D eigenvalue weighted by Crippen LogP contribution is -2.36. The molecule has 4 rings (SSSR count). The van der Waals surface area contributed by atoms with Crippen molar-refractivity contribution in [1.82, 2.24) is 4.90 Å². The van der Waals surface area contributed by atoms with Crippen LogP contribution in [0.25, 0.3) is 0 Å². The van der Waals surface area contributed by atoms with E-state index < -0.39 is 5.97 Å². The maximum absolute atomic E-state index is 10.8. The second kappa shape index (κ2) is 11.5. The van der Waals surface area contributed by atoms with Gasteiger partial charge in [-0.1, -0.05) is 23.6 Å². The Hall–Kier alpha value is -2.66. The number of hydrogen-bond donors (Lipinski definition) is 1. The number of aryl methyl sites for hydroxylation is 1. The highest BCUT2D eigenvalue weighted by Crippen LogP contribution is 2.35. The van der Waals surface area contributed by atoms with Crippen molar-refractivity contribution in [3.8, 4) is 23.3 Å². The fraction of sp³-hybridized carbons (Fsp3) is 0.423. The minimum absolute atomic E-state index is 0.347. The van der Waals surface area contributed by atoms with Gasteiger partial charge >= 0.3 is 5.97 Å². The highest BCUT2D eigenvalue weighted by atomic mass is 32.2. The number of carboxylic acid groups (broad SMARTS) is 1. The van der Waals surface area contributed by atoms with Gasteiger partial charge in [0.15, 0.2) is 6.61 Å². The first kappa shape index (κ1) is 23.5. The number of benzene rings is 2. The van der Waals surface area contributed by atoms with Crippen LogP contribution in [0.3, 0.4) is 0 Å². The smallest absolute Gasteiger partial charge is 0.341 e. The number of rotatable bonds is 9. The fourth-order valence-electron chi connectivity index (χ4n) is 3.42. The topological polar surface area (TPSA) is 68.2 Å². The van der Waals surface area contributed by atoms with Gasteiger partial charge in [0.2, 0.25) is 0 Å². The first-order valence-corrected chi connectivity index (χ1v) is 12.1. The number of aliphatic carboxylic acids is 1. The minimum atomic E-state index is -0.988. The Morgan fingerprint density at radius 2 is 1.97 bits per heavy atom. The Labute approximate surface area is 199 Å². The van der Waals surface area contributed by atoms with Crippen LogP contribution in [-0.2, 0) is 9.53 Å². The van der Waals surface area contributed by atoms with Crippen molar-refractivity contribution in [3.05, 3.63) is 47.5 Å². The van der Waals surface area contributed by atoms with Crippen molar-refractivity contribution >= 4 is 17.7 Å². The second-order valence-corrected chi connectivity index (χ2v) is 9.50. The third kappa shape index (κ3) is 7.71. The molecule has 6 nitrogen and oxygen atoms in total. The Morgan fingerprint density at radius 1 is 1.15 bits per heavy atom. The lowest BCUT2D eigenvalue weighted by Gasteiger charge is -2.24. The van der Waals surface area contributed by atoms with Crippen LogP contribution in [0.2, 0.25) is 0 Å². The summed E-state index contributed by atoms with van der Waals surface area (Å²) in [6.45, 7) is 6.44. The van der Waals surface area contributed by atoms with E-state index in [0.29, 0.717) is 11.7 Å². The Balaban J connectivity index is 1.47. The van der Waals surface area contributed by atoms with Gasteiger partial charge in [0.05, 0.1) is 26.4 Å². The van der Waals surface area contributed by atoms with Crippen LogP contribution in [-0.4, -0.2) is 62.0 Å². The van der Waals surface area contributed by atoms with E-state index in [4.69, 9.17) is 19.3 Å². The van der Waals surface area contributed by atoms with Crippen LogP contribution in [0.5, 0.6) is 11.5 Å². The first-order valence-electron chi connectivity index (χ1n) is 11.2. The average molecular weight is 468 g/mol. The molecule has 7 heteroatoms. The standard InChI is InChI=1S/C26H29NO5S/c1-19-13-23(6-7-25(19)32-18-26(28)29)33-24-15-21(3-2-8-27-9-11-30-12-10-27)14-22(16-24)31-17-20-4-5-20/h6-7,13-16,20H,4-5,8-12,17-18H2,1H3,(H,28,29). The van der Waals surface area contributed by atoms with Crippen molar-refractivity contribution in [2.45, 2.75) is 29.6 Å². The van der Waals surface area contributed by atoms with E-state index >= 15 is 0 Å². The summed E-state index contributed by atoms with van der Waals surface area (Å²) < 4.78 is 16.8. The maximum Gasteiger partial charge on any atom is 0.341 e. The maximum atomic E-state index is 10.8. The van der Waals surface area contributed by atoms with Crippen LogP contribution < -0.4 is 9.47 Å². The highest BCUT2D eigenvalue weighted by molar-refractivity contribution is 7.99. The molecule has 174 valence electrons. The molecular weight excluding hydrogens is 438 g/mol. The van der Waals surface area contributed by atoms with Gasteiger partial charge in [0, 0.05) is 28.4 Å². The Morgan fingerprint density at radius 3 is 2.70 bits per heavy atom. The second-order valence-electron chi connectivity index (χ2n) is 8.35. The van der Waals surface area contributed by atoms with Gasteiger partial charge in [-0.3, -0.25) is 4.90 Å². The molecule has 2 aromatic rings. The molecule has 1 saturated carbocycles.